The van der Waals surface area contributed by atoms with E-state index in [1.807, 2.05) is 43.3 Å². The largest absolute Gasteiger partial charge is 0.494 e. The molecule has 3 nitrogen and oxygen atoms in total. The van der Waals surface area contributed by atoms with E-state index < -0.39 is 0 Å². The summed E-state index contributed by atoms with van der Waals surface area (Å²) in [5.41, 5.74) is 0.888. The maximum Gasteiger partial charge on any atom is 0.130 e. The van der Waals surface area contributed by atoms with Gasteiger partial charge in [-0.25, -0.2) is 0 Å². The molecule has 0 unspecified atom stereocenters. The summed E-state index contributed by atoms with van der Waals surface area (Å²) in [6.07, 6.45) is 2.49. The van der Waals surface area contributed by atoms with Gasteiger partial charge in [-0.05, 0) is 30.2 Å². The normalized spacial score (nSPS) is 8.69. The molecule has 80 valence electrons. The summed E-state index contributed by atoms with van der Waals surface area (Å²) in [6, 6.07) is 11.0. The zero-order valence-electron chi connectivity index (χ0n) is 9.10. The number of hydrogen-bond acceptors (Lipinski definition) is 3. The van der Waals surface area contributed by atoms with Gasteiger partial charge in [0.2, 0.25) is 0 Å². The van der Waals surface area contributed by atoms with E-state index >= 15 is 0 Å². The Morgan fingerprint density at radius 3 is 2.75 bits per heavy atom. The van der Waals surface area contributed by atoms with Crippen LogP contribution in [0, 0.1) is 22.7 Å². The molecule has 0 aromatic heterocycles. The van der Waals surface area contributed by atoms with Gasteiger partial charge in [0.05, 0.1) is 6.61 Å². The number of ether oxygens (including phenoxy) is 1. The van der Waals surface area contributed by atoms with Crippen molar-refractivity contribution in [2.75, 3.05) is 6.61 Å². The average molecular weight is 212 g/mol. The van der Waals surface area contributed by atoms with E-state index in [4.69, 9.17) is 15.3 Å². The second-order valence-corrected chi connectivity index (χ2v) is 3.20. The summed E-state index contributed by atoms with van der Waals surface area (Å²) in [6.45, 7) is 2.70. The van der Waals surface area contributed by atoms with Crippen molar-refractivity contribution in [2.45, 2.75) is 13.3 Å². The summed E-state index contributed by atoms with van der Waals surface area (Å²) in [5, 5.41) is 17.3. The molecule has 0 bridgehead atoms. The van der Waals surface area contributed by atoms with Gasteiger partial charge in [-0.3, -0.25) is 0 Å². The van der Waals surface area contributed by atoms with E-state index in [1.54, 1.807) is 6.08 Å². The molecule has 16 heavy (non-hydrogen) atoms. The fourth-order valence-corrected chi connectivity index (χ4v) is 1.17. The van der Waals surface area contributed by atoms with Crippen molar-refractivity contribution in [1.29, 1.82) is 10.5 Å². The predicted molar refractivity (Wildman–Crippen MR) is 61.4 cm³/mol. The van der Waals surface area contributed by atoms with Crippen LogP contribution in [0.15, 0.2) is 29.8 Å². The molecule has 1 aromatic rings. The van der Waals surface area contributed by atoms with E-state index in [-0.39, 0.29) is 5.57 Å². The molecule has 1 rings (SSSR count). The minimum Gasteiger partial charge on any atom is -0.494 e. The first-order valence-electron chi connectivity index (χ1n) is 5.05. The maximum absolute atomic E-state index is 8.63. The molecule has 0 spiro atoms. The molecule has 0 heterocycles. The van der Waals surface area contributed by atoms with Crippen LogP contribution in [-0.4, -0.2) is 6.61 Å². The van der Waals surface area contributed by atoms with Crippen LogP contribution in [0.25, 0.3) is 6.08 Å². The zero-order valence-corrected chi connectivity index (χ0v) is 9.10. The molecule has 0 amide bonds. The number of nitriles is 2. The first kappa shape index (κ1) is 11.8. The number of rotatable bonds is 4. The third kappa shape index (κ3) is 3.48. The molecule has 0 saturated heterocycles. The van der Waals surface area contributed by atoms with Gasteiger partial charge in [0.1, 0.15) is 23.5 Å². The van der Waals surface area contributed by atoms with Crippen molar-refractivity contribution < 1.29 is 4.74 Å². The highest BCUT2D eigenvalue weighted by Gasteiger charge is 1.97. The third-order valence-electron chi connectivity index (χ3n) is 1.88. The Labute approximate surface area is 95.2 Å². The molecule has 1 aromatic carbocycles. The van der Waals surface area contributed by atoms with Crippen LogP contribution in [0.5, 0.6) is 5.75 Å². The smallest absolute Gasteiger partial charge is 0.130 e. The van der Waals surface area contributed by atoms with E-state index in [1.165, 1.54) is 0 Å². The fraction of sp³-hybridized carbons (Fsp3) is 0.231. The first-order chi connectivity index (χ1) is 7.80. The number of hydrogen-bond donors (Lipinski definition) is 0. The highest BCUT2D eigenvalue weighted by Crippen LogP contribution is 2.15. The van der Waals surface area contributed by atoms with Crippen LogP contribution >= 0.6 is 0 Å². The van der Waals surface area contributed by atoms with Gasteiger partial charge in [-0.15, -0.1) is 0 Å². The lowest BCUT2D eigenvalue weighted by Crippen LogP contribution is -1.94. The molecule has 0 radical (unpaired) electrons. The van der Waals surface area contributed by atoms with Gasteiger partial charge in [0.25, 0.3) is 0 Å². The van der Waals surface area contributed by atoms with Crippen molar-refractivity contribution in [1.82, 2.24) is 0 Å². The number of nitrogens with zero attached hydrogens (tertiary/aromatic N) is 2. The summed E-state index contributed by atoms with van der Waals surface area (Å²) in [7, 11) is 0. The van der Waals surface area contributed by atoms with Crippen LogP contribution in [0.3, 0.4) is 0 Å². The molecule has 0 fully saturated rings. The Bertz CT molecular complexity index is 448. The Hall–Kier alpha value is -2.26. The van der Waals surface area contributed by atoms with Crippen LogP contribution in [0.4, 0.5) is 0 Å². The quantitative estimate of drug-likeness (QED) is 0.721. The van der Waals surface area contributed by atoms with Crippen LogP contribution in [-0.2, 0) is 0 Å². The minimum absolute atomic E-state index is 0.0904. The van der Waals surface area contributed by atoms with E-state index in [2.05, 4.69) is 0 Å². The molecule has 0 N–H and O–H groups in total. The van der Waals surface area contributed by atoms with E-state index in [0.717, 1.165) is 17.7 Å². The summed E-state index contributed by atoms with van der Waals surface area (Å²) in [4.78, 5) is 0. The SMILES string of the molecule is CCCOc1cccc(C=C(C#N)C#N)c1. The van der Waals surface area contributed by atoms with Gasteiger partial charge < -0.3 is 4.74 Å². The van der Waals surface area contributed by atoms with Crippen LogP contribution in [0.2, 0.25) is 0 Å². The van der Waals surface area contributed by atoms with E-state index in [9.17, 15) is 0 Å². The topological polar surface area (TPSA) is 56.8 Å². The molecule has 0 aliphatic rings. The molecular formula is C13H12N2O. The Balaban J connectivity index is 2.88. The van der Waals surface area contributed by atoms with Crippen molar-refractivity contribution in [3.05, 3.63) is 35.4 Å². The Morgan fingerprint density at radius 2 is 2.12 bits per heavy atom. The summed E-state index contributed by atoms with van der Waals surface area (Å²) in [5.74, 6) is 0.755. The van der Waals surface area contributed by atoms with Gasteiger partial charge in [-0.2, -0.15) is 10.5 Å². The van der Waals surface area contributed by atoms with Crippen molar-refractivity contribution in [3.63, 3.8) is 0 Å². The Morgan fingerprint density at radius 1 is 1.38 bits per heavy atom. The van der Waals surface area contributed by atoms with Gasteiger partial charge in [0, 0.05) is 0 Å². The summed E-state index contributed by atoms with van der Waals surface area (Å²) >= 11 is 0. The van der Waals surface area contributed by atoms with Crippen molar-refractivity contribution in [3.8, 4) is 17.9 Å². The molecule has 0 saturated carbocycles. The number of allylic oxidation sites excluding steroid dienone is 1. The molecule has 0 atom stereocenters. The van der Waals surface area contributed by atoms with E-state index in [0.29, 0.717) is 6.61 Å². The minimum atomic E-state index is 0.0904. The molecular weight excluding hydrogens is 200 g/mol. The van der Waals surface area contributed by atoms with Crippen LogP contribution < -0.4 is 4.74 Å². The van der Waals surface area contributed by atoms with Gasteiger partial charge >= 0.3 is 0 Å². The third-order valence-corrected chi connectivity index (χ3v) is 1.88. The average Bonchev–Trinajstić information content (AvgIpc) is 2.34. The highest BCUT2D eigenvalue weighted by atomic mass is 16.5. The molecule has 3 heteroatoms. The zero-order chi connectivity index (χ0) is 11.8. The first-order valence-corrected chi connectivity index (χ1v) is 5.05. The Kier molecular flexibility index (Phi) is 4.63. The summed E-state index contributed by atoms with van der Waals surface area (Å²) < 4.78 is 5.45. The van der Waals surface area contributed by atoms with Crippen molar-refractivity contribution in [2.24, 2.45) is 0 Å². The lowest BCUT2D eigenvalue weighted by molar-refractivity contribution is 0.317. The fourth-order valence-electron chi connectivity index (χ4n) is 1.17. The second-order valence-electron chi connectivity index (χ2n) is 3.20. The number of benzene rings is 1. The lowest BCUT2D eigenvalue weighted by Gasteiger charge is -2.04. The van der Waals surface area contributed by atoms with Gasteiger partial charge in [-0.1, -0.05) is 19.1 Å². The molecule has 0 aliphatic carbocycles. The van der Waals surface area contributed by atoms with Gasteiger partial charge in [0.15, 0.2) is 0 Å². The van der Waals surface area contributed by atoms with Crippen molar-refractivity contribution >= 4 is 6.08 Å². The lowest BCUT2D eigenvalue weighted by atomic mass is 10.1. The monoisotopic (exact) mass is 212 g/mol. The maximum atomic E-state index is 8.63. The standard InChI is InChI=1S/C13H12N2O/c1-2-6-16-13-5-3-4-11(8-13)7-12(9-14)10-15/h3-5,7-8H,2,6H2,1H3. The van der Waals surface area contributed by atoms with Crippen LogP contribution in [0.1, 0.15) is 18.9 Å². The molecule has 0 aliphatic heterocycles. The highest BCUT2D eigenvalue weighted by molar-refractivity contribution is 5.62. The predicted octanol–water partition coefficient (Wildman–Crippen LogP) is 2.91. The second kappa shape index (κ2) is 6.27.